The number of tetrazole rings is 1. The van der Waals surface area contributed by atoms with Crippen LogP contribution >= 0.6 is 0 Å². The third-order valence-corrected chi connectivity index (χ3v) is 4.11. The van der Waals surface area contributed by atoms with Crippen LogP contribution in [0.1, 0.15) is 30.1 Å². The highest BCUT2D eigenvalue weighted by Crippen LogP contribution is 2.21. The first-order valence-corrected chi connectivity index (χ1v) is 7.98. The first kappa shape index (κ1) is 16.1. The molecule has 1 aliphatic rings. The van der Waals surface area contributed by atoms with E-state index in [0.29, 0.717) is 38.1 Å². The zero-order valence-corrected chi connectivity index (χ0v) is 13.5. The largest absolute Gasteiger partial charge is 0.466 e. The standard InChI is InChI=1S/C16H19N5O3/c1-2-24-16(23)12-6-8-20(9-7-12)15(22)13-4-3-5-14(10-13)21-11-17-18-19-21/h3-5,10-12H,2,6-9H2,1H3. The third kappa shape index (κ3) is 3.42. The average Bonchev–Trinajstić information content (AvgIpc) is 3.16. The fourth-order valence-corrected chi connectivity index (χ4v) is 2.82. The molecule has 0 atom stereocenters. The lowest BCUT2D eigenvalue weighted by Crippen LogP contribution is -2.40. The quantitative estimate of drug-likeness (QED) is 0.780. The Balaban J connectivity index is 1.66. The molecule has 8 heteroatoms. The van der Waals surface area contributed by atoms with Gasteiger partial charge in [0.25, 0.3) is 5.91 Å². The van der Waals surface area contributed by atoms with Crippen molar-refractivity contribution in [1.29, 1.82) is 0 Å². The summed E-state index contributed by atoms with van der Waals surface area (Å²) in [6.07, 6.45) is 2.75. The van der Waals surface area contributed by atoms with Gasteiger partial charge in [-0.2, -0.15) is 0 Å². The highest BCUT2D eigenvalue weighted by molar-refractivity contribution is 5.95. The molecule has 1 aromatic carbocycles. The molecule has 126 valence electrons. The molecule has 1 fully saturated rings. The SMILES string of the molecule is CCOC(=O)C1CCN(C(=O)c2cccc(-n3cnnn3)c2)CC1. The molecule has 0 radical (unpaired) electrons. The molecule has 0 saturated carbocycles. The van der Waals surface area contributed by atoms with Gasteiger partial charge in [-0.25, -0.2) is 4.68 Å². The van der Waals surface area contributed by atoms with Crippen molar-refractivity contribution in [3.8, 4) is 5.69 Å². The molecule has 0 aliphatic carbocycles. The number of carbonyl (C=O) groups excluding carboxylic acids is 2. The molecule has 0 bridgehead atoms. The first-order chi connectivity index (χ1) is 11.7. The van der Waals surface area contributed by atoms with Crippen LogP contribution in [0.2, 0.25) is 0 Å². The summed E-state index contributed by atoms with van der Waals surface area (Å²) in [6, 6.07) is 7.17. The van der Waals surface area contributed by atoms with E-state index in [1.54, 1.807) is 30.0 Å². The van der Waals surface area contributed by atoms with E-state index in [9.17, 15) is 9.59 Å². The Kier molecular flexibility index (Phi) is 4.83. The summed E-state index contributed by atoms with van der Waals surface area (Å²) in [7, 11) is 0. The van der Waals surface area contributed by atoms with Gasteiger partial charge in [-0.15, -0.1) is 5.10 Å². The number of likely N-dealkylation sites (tertiary alicyclic amines) is 1. The number of ether oxygens (including phenoxy) is 1. The van der Waals surface area contributed by atoms with E-state index in [0.717, 1.165) is 5.69 Å². The van der Waals surface area contributed by atoms with E-state index in [1.807, 2.05) is 6.07 Å². The number of hydrogen-bond donors (Lipinski definition) is 0. The summed E-state index contributed by atoms with van der Waals surface area (Å²) < 4.78 is 6.56. The number of nitrogens with zero attached hydrogens (tertiary/aromatic N) is 5. The van der Waals surface area contributed by atoms with Gasteiger partial charge >= 0.3 is 5.97 Å². The van der Waals surface area contributed by atoms with Crippen LogP contribution in [-0.2, 0) is 9.53 Å². The minimum atomic E-state index is -0.162. The summed E-state index contributed by atoms with van der Waals surface area (Å²) in [6.45, 7) is 3.30. The molecule has 3 rings (SSSR count). The Labute approximate surface area is 139 Å². The normalized spacial score (nSPS) is 15.3. The molecule has 0 N–H and O–H groups in total. The van der Waals surface area contributed by atoms with E-state index in [1.165, 1.54) is 11.0 Å². The Morgan fingerprint density at radius 2 is 2.08 bits per heavy atom. The number of amides is 1. The smallest absolute Gasteiger partial charge is 0.309 e. The van der Waals surface area contributed by atoms with Crippen LogP contribution in [0.4, 0.5) is 0 Å². The predicted molar refractivity (Wildman–Crippen MR) is 84.4 cm³/mol. The van der Waals surface area contributed by atoms with Gasteiger partial charge in [0.05, 0.1) is 18.2 Å². The number of piperidine rings is 1. The molecular weight excluding hydrogens is 310 g/mol. The molecule has 0 spiro atoms. The summed E-state index contributed by atoms with van der Waals surface area (Å²) in [5.74, 6) is -0.320. The Hall–Kier alpha value is -2.77. The van der Waals surface area contributed by atoms with Crippen molar-refractivity contribution in [1.82, 2.24) is 25.1 Å². The zero-order valence-electron chi connectivity index (χ0n) is 13.5. The summed E-state index contributed by atoms with van der Waals surface area (Å²) in [5.41, 5.74) is 1.31. The Morgan fingerprint density at radius 1 is 1.29 bits per heavy atom. The monoisotopic (exact) mass is 329 g/mol. The van der Waals surface area contributed by atoms with Crippen molar-refractivity contribution in [3.05, 3.63) is 36.2 Å². The minimum absolute atomic E-state index is 0.0489. The van der Waals surface area contributed by atoms with Crippen LogP contribution in [0.25, 0.3) is 5.69 Å². The maximum Gasteiger partial charge on any atom is 0.309 e. The summed E-state index contributed by atoms with van der Waals surface area (Å²) in [4.78, 5) is 26.2. The molecule has 1 saturated heterocycles. The maximum atomic E-state index is 12.7. The van der Waals surface area contributed by atoms with Crippen LogP contribution in [-0.4, -0.2) is 56.7 Å². The van der Waals surface area contributed by atoms with Crippen molar-refractivity contribution in [2.45, 2.75) is 19.8 Å². The lowest BCUT2D eigenvalue weighted by molar-refractivity contribution is -0.149. The van der Waals surface area contributed by atoms with Crippen molar-refractivity contribution in [2.75, 3.05) is 19.7 Å². The van der Waals surface area contributed by atoms with Crippen LogP contribution in [0.15, 0.2) is 30.6 Å². The van der Waals surface area contributed by atoms with Gasteiger partial charge in [0, 0.05) is 18.7 Å². The molecule has 2 heterocycles. The summed E-state index contributed by atoms with van der Waals surface area (Å²) >= 11 is 0. The van der Waals surface area contributed by atoms with E-state index in [4.69, 9.17) is 4.74 Å². The van der Waals surface area contributed by atoms with Gasteiger partial charge in [0.15, 0.2) is 0 Å². The number of benzene rings is 1. The number of esters is 1. The topological polar surface area (TPSA) is 90.2 Å². The fourth-order valence-electron chi connectivity index (χ4n) is 2.82. The molecule has 1 aliphatic heterocycles. The van der Waals surface area contributed by atoms with Crippen molar-refractivity contribution in [3.63, 3.8) is 0 Å². The fraction of sp³-hybridized carbons (Fsp3) is 0.438. The van der Waals surface area contributed by atoms with E-state index in [-0.39, 0.29) is 17.8 Å². The predicted octanol–water partition coefficient (Wildman–Crippen LogP) is 1.08. The molecule has 1 amide bonds. The van der Waals surface area contributed by atoms with Crippen LogP contribution in [0.3, 0.4) is 0 Å². The number of aromatic nitrogens is 4. The van der Waals surface area contributed by atoms with E-state index in [2.05, 4.69) is 15.5 Å². The number of carbonyl (C=O) groups is 2. The molecular formula is C16H19N5O3. The van der Waals surface area contributed by atoms with Gasteiger partial charge in [0.2, 0.25) is 0 Å². The maximum absolute atomic E-state index is 12.7. The van der Waals surface area contributed by atoms with Gasteiger partial charge < -0.3 is 9.64 Å². The zero-order chi connectivity index (χ0) is 16.9. The van der Waals surface area contributed by atoms with Crippen molar-refractivity contribution < 1.29 is 14.3 Å². The second-order valence-electron chi connectivity index (χ2n) is 5.62. The summed E-state index contributed by atoms with van der Waals surface area (Å²) in [5, 5.41) is 11.0. The average molecular weight is 329 g/mol. The first-order valence-electron chi connectivity index (χ1n) is 7.98. The third-order valence-electron chi connectivity index (χ3n) is 4.11. The van der Waals surface area contributed by atoms with Crippen LogP contribution < -0.4 is 0 Å². The molecule has 8 nitrogen and oxygen atoms in total. The van der Waals surface area contributed by atoms with Gasteiger partial charge in [-0.05, 0) is 48.4 Å². The number of rotatable bonds is 4. The van der Waals surface area contributed by atoms with Gasteiger partial charge in [-0.1, -0.05) is 6.07 Å². The van der Waals surface area contributed by atoms with Crippen molar-refractivity contribution in [2.24, 2.45) is 5.92 Å². The molecule has 24 heavy (non-hydrogen) atoms. The molecule has 1 aromatic heterocycles. The van der Waals surface area contributed by atoms with E-state index < -0.39 is 0 Å². The van der Waals surface area contributed by atoms with Gasteiger partial charge in [-0.3, -0.25) is 9.59 Å². The molecule has 2 aromatic rings. The highest BCUT2D eigenvalue weighted by atomic mass is 16.5. The van der Waals surface area contributed by atoms with E-state index >= 15 is 0 Å². The molecule has 0 unspecified atom stereocenters. The minimum Gasteiger partial charge on any atom is -0.466 e. The van der Waals surface area contributed by atoms with Crippen LogP contribution in [0, 0.1) is 5.92 Å². The van der Waals surface area contributed by atoms with Crippen LogP contribution in [0.5, 0.6) is 0 Å². The second-order valence-corrected chi connectivity index (χ2v) is 5.62. The number of hydrogen-bond acceptors (Lipinski definition) is 6. The Bertz CT molecular complexity index is 708. The van der Waals surface area contributed by atoms with Crippen molar-refractivity contribution >= 4 is 11.9 Å². The lowest BCUT2D eigenvalue weighted by atomic mass is 9.96. The van der Waals surface area contributed by atoms with Gasteiger partial charge in [0.1, 0.15) is 6.33 Å². The Morgan fingerprint density at radius 3 is 2.75 bits per heavy atom. The lowest BCUT2D eigenvalue weighted by Gasteiger charge is -2.31. The second kappa shape index (κ2) is 7.20. The highest BCUT2D eigenvalue weighted by Gasteiger charge is 2.28.